The Kier molecular flexibility index (Phi) is 1.86. The molecule has 0 spiro atoms. The number of rotatable bonds is 0. The molecule has 1 rings (SSSR count). The first-order valence-electron chi connectivity index (χ1n) is 3.18. The zero-order chi connectivity index (χ0) is 6.04. The number of hydrogen-bond acceptors (Lipinski definition) is 0. The topological polar surface area (TPSA) is 0 Å². The van der Waals surface area contributed by atoms with Crippen molar-refractivity contribution in [2.24, 2.45) is 0 Å². The van der Waals surface area contributed by atoms with Crippen molar-refractivity contribution in [3.8, 4) is 0 Å². The SMILES string of the molecule is [B]C1(Cl)CCCCC1. The van der Waals surface area contributed by atoms with E-state index in [0.29, 0.717) is 0 Å². The van der Waals surface area contributed by atoms with Crippen LogP contribution in [0.1, 0.15) is 32.1 Å². The van der Waals surface area contributed by atoms with E-state index in [1.165, 1.54) is 19.3 Å². The maximum absolute atomic E-state index is 5.85. The maximum atomic E-state index is 5.85. The van der Waals surface area contributed by atoms with Gasteiger partial charge in [-0.1, -0.05) is 19.3 Å². The zero-order valence-electron chi connectivity index (χ0n) is 4.99. The molecule has 0 aliphatic heterocycles. The molecule has 0 bridgehead atoms. The van der Waals surface area contributed by atoms with E-state index >= 15 is 0 Å². The minimum absolute atomic E-state index is 0.349. The molecule has 0 N–H and O–H groups in total. The Balaban J connectivity index is 2.33. The van der Waals surface area contributed by atoms with Gasteiger partial charge in [0.25, 0.3) is 0 Å². The van der Waals surface area contributed by atoms with Crippen LogP contribution in [0.15, 0.2) is 0 Å². The first-order chi connectivity index (χ1) is 3.71. The summed E-state index contributed by atoms with van der Waals surface area (Å²) < 4.78 is -0.349. The van der Waals surface area contributed by atoms with Crippen LogP contribution in [0, 0.1) is 0 Å². The fraction of sp³-hybridized carbons (Fsp3) is 1.00. The van der Waals surface area contributed by atoms with Gasteiger partial charge in [0.15, 0.2) is 0 Å². The molecule has 0 heterocycles. The van der Waals surface area contributed by atoms with Crippen molar-refractivity contribution >= 4 is 19.4 Å². The van der Waals surface area contributed by atoms with Crippen LogP contribution >= 0.6 is 11.6 Å². The molecular weight excluding hydrogens is 118 g/mol. The van der Waals surface area contributed by atoms with Crippen molar-refractivity contribution in [3.63, 3.8) is 0 Å². The Morgan fingerprint density at radius 3 is 1.88 bits per heavy atom. The van der Waals surface area contributed by atoms with Crippen molar-refractivity contribution in [1.82, 2.24) is 0 Å². The summed E-state index contributed by atoms with van der Waals surface area (Å²) in [6.45, 7) is 0. The van der Waals surface area contributed by atoms with Crippen LogP contribution in [-0.2, 0) is 0 Å². The Morgan fingerprint density at radius 1 is 1.12 bits per heavy atom. The lowest BCUT2D eigenvalue weighted by atomic mass is 9.74. The maximum Gasteiger partial charge on any atom is 0.0964 e. The third-order valence-corrected chi connectivity index (χ3v) is 2.06. The molecule has 8 heavy (non-hydrogen) atoms. The summed E-state index contributed by atoms with van der Waals surface area (Å²) in [4.78, 5) is 0. The molecule has 0 saturated heterocycles. The molecule has 1 fully saturated rings. The van der Waals surface area contributed by atoms with E-state index in [4.69, 9.17) is 19.4 Å². The van der Waals surface area contributed by atoms with Gasteiger partial charge in [-0.2, -0.15) is 0 Å². The van der Waals surface area contributed by atoms with Gasteiger partial charge >= 0.3 is 0 Å². The van der Waals surface area contributed by atoms with Gasteiger partial charge in [0.05, 0.1) is 7.85 Å². The van der Waals surface area contributed by atoms with Crippen LogP contribution in [0.25, 0.3) is 0 Å². The second-order valence-corrected chi connectivity index (χ2v) is 3.35. The Bertz CT molecular complexity index is 72.6. The molecule has 0 amide bonds. The van der Waals surface area contributed by atoms with Gasteiger partial charge < -0.3 is 0 Å². The fourth-order valence-electron chi connectivity index (χ4n) is 1.14. The van der Waals surface area contributed by atoms with Gasteiger partial charge in [0, 0.05) is 4.77 Å². The average Bonchev–Trinajstić information content (AvgIpc) is 1.65. The van der Waals surface area contributed by atoms with Gasteiger partial charge in [-0.15, -0.1) is 11.6 Å². The smallest absolute Gasteiger partial charge is 0.0964 e. The van der Waals surface area contributed by atoms with Gasteiger partial charge in [-0.25, -0.2) is 0 Å². The Hall–Kier alpha value is 0.355. The van der Waals surface area contributed by atoms with Gasteiger partial charge in [-0.05, 0) is 12.8 Å². The molecular formula is C6H10BCl. The lowest BCUT2D eigenvalue weighted by Crippen LogP contribution is -2.24. The molecule has 0 atom stereocenters. The average molecular weight is 128 g/mol. The minimum atomic E-state index is -0.349. The largest absolute Gasteiger partial charge is 0.130 e. The standard InChI is InChI=1S/C6H10BCl/c7-6(8)4-2-1-3-5-6/h1-5H2. The molecule has 0 unspecified atom stereocenters. The lowest BCUT2D eigenvalue weighted by molar-refractivity contribution is 0.478. The van der Waals surface area contributed by atoms with E-state index in [9.17, 15) is 0 Å². The van der Waals surface area contributed by atoms with Crippen molar-refractivity contribution < 1.29 is 0 Å². The number of hydrogen-bond donors (Lipinski definition) is 0. The molecule has 44 valence electrons. The molecule has 1 saturated carbocycles. The first kappa shape index (κ1) is 6.47. The van der Waals surface area contributed by atoms with Crippen LogP contribution < -0.4 is 0 Å². The highest BCUT2D eigenvalue weighted by molar-refractivity contribution is 6.44. The van der Waals surface area contributed by atoms with Gasteiger partial charge in [0.1, 0.15) is 0 Å². The van der Waals surface area contributed by atoms with E-state index in [1.54, 1.807) is 0 Å². The van der Waals surface area contributed by atoms with Crippen molar-refractivity contribution in [3.05, 3.63) is 0 Å². The van der Waals surface area contributed by atoms with E-state index in [1.807, 2.05) is 0 Å². The van der Waals surface area contributed by atoms with E-state index < -0.39 is 0 Å². The predicted molar refractivity (Wildman–Crippen MR) is 37.4 cm³/mol. The summed E-state index contributed by atoms with van der Waals surface area (Å²) in [5.74, 6) is 0. The van der Waals surface area contributed by atoms with Crippen molar-refractivity contribution in [1.29, 1.82) is 0 Å². The van der Waals surface area contributed by atoms with Crippen LogP contribution in [0.4, 0.5) is 0 Å². The highest BCUT2D eigenvalue weighted by Crippen LogP contribution is 2.30. The van der Waals surface area contributed by atoms with E-state index in [2.05, 4.69) is 0 Å². The van der Waals surface area contributed by atoms with Gasteiger partial charge in [-0.3, -0.25) is 0 Å². The minimum Gasteiger partial charge on any atom is -0.130 e. The molecule has 0 aromatic carbocycles. The lowest BCUT2D eigenvalue weighted by Gasteiger charge is -2.26. The summed E-state index contributed by atoms with van der Waals surface area (Å²) in [5, 5.41) is 0. The Labute approximate surface area is 57.0 Å². The normalized spacial score (nSPS) is 27.6. The number of halogens is 1. The molecule has 2 heteroatoms. The summed E-state index contributed by atoms with van der Waals surface area (Å²) in [6.07, 6.45) is 5.72. The van der Waals surface area contributed by atoms with Crippen molar-refractivity contribution in [2.45, 2.75) is 36.9 Å². The summed E-state index contributed by atoms with van der Waals surface area (Å²) in [5.41, 5.74) is 0. The molecule has 0 nitrogen and oxygen atoms in total. The zero-order valence-corrected chi connectivity index (χ0v) is 5.75. The molecule has 0 aromatic heterocycles. The molecule has 0 aromatic rings. The second-order valence-electron chi connectivity index (χ2n) is 2.60. The third-order valence-electron chi connectivity index (χ3n) is 1.68. The van der Waals surface area contributed by atoms with E-state index in [-0.39, 0.29) is 4.77 Å². The second kappa shape index (κ2) is 2.30. The molecule has 2 radical (unpaired) electrons. The monoisotopic (exact) mass is 128 g/mol. The quantitative estimate of drug-likeness (QED) is 0.346. The summed E-state index contributed by atoms with van der Waals surface area (Å²) >= 11 is 5.85. The van der Waals surface area contributed by atoms with Crippen LogP contribution in [-0.4, -0.2) is 12.6 Å². The van der Waals surface area contributed by atoms with E-state index in [0.717, 1.165) is 12.8 Å². The molecule has 1 aliphatic carbocycles. The summed E-state index contributed by atoms with van der Waals surface area (Å²) in [7, 11) is 5.64. The first-order valence-corrected chi connectivity index (χ1v) is 3.56. The third kappa shape index (κ3) is 1.70. The van der Waals surface area contributed by atoms with Crippen LogP contribution in [0.5, 0.6) is 0 Å². The van der Waals surface area contributed by atoms with Gasteiger partial charge in [0.2, 0.25) is 0 Å². The summed E-state index contributed by atoms with van der Waals surface area (Å²) in [6, 6.07) is 0. The van der Waals surface area contributed by atoms with Crippen LogP contribution in [0.3, 0.4) is 0 Å². The van der Waals surface area contributed by atoms with Crippen molar-refractivity contribution in [2.75, 3.05) is 0 Å². The Morgan fingerprint density at radius 2 is 1.62 bits per heavy atom. The molecule has 1 aliphatic rings. The predicted octanol–water partition coefficient (Wildman–Crippen LogP) is 2.05. The fourth-order valence-corrected chi connectivity index (χ4v) is 1.41. The number of alkyl halides is 1. The highest BCUT2D eigenvalue weighted by Gasteiger charge is 2.22. The van der Waals surface area contributed by atoms with Crippen LogP contribution in [0.2, 0.25) is 0 Å². The highest BCUT2D eigenvalue weighted by atomic mass is 35.5.